The predicted octanol–water partition coefficient (Wildman–Crippen LogP) is 1.70. The number of fused-ring (bicyclic) bond motifs is 2. The first-order chi connectivity index (χ1) is 8.40. The van der Waals surface area contributed by atoms with E-state index in [1.807, 2.05) is 25.7 Å². The second-order valence-electron chi connectivity index (χ2n) is 6.15. The van der Waals surface area contributed by atoms with Gasteiger partial charge in [0.05, 0.1) is 6.54 Å². The Morgan fingerprint density at radius 2 is 1.89 bits per heavy atom. The largest absolute Gasteiger partial charge is 0.444 e. The average molecular weight is 250 g/mol. The summed E-state index contributed by atoms with van der Waals surface area (Å²) in [5.41, 5.74) is -0.425. The monoisotopic (exact) mass is 250 g/mol. The van der Waals surface area contributed by atoms with Crippen molar-refractivity contribution < 1.29 is 9.53 Å². The van der Waals surface area contributed by atoms with Crippen LogP contribution in [-0.2, 0) is 4.74 Å². The van der Waals surface area contributed by atoms with Crippen molar-refractivity contribution in [2.75, 3.05) is 19.6 Å². The molecule has 0 aromatic carbocycles. The van der Waals surface area contributed by atoms with E-state index in [1.54, 1.807) is 0 Å². The Bertz CT molecular complexity index is 353. The fraction of sp³-hybridized carbons (Fsp3) is 0.786. The molecule has 2 fully saturated rings. The highest BCUT2D eigenvalue weighted by molar-refractivity contribution is 5.68. The number of carbonyl (C=O) groups excluding carboxylic acids is 1. The number of hydrogen-bond donors (Lipinski definition) is 0. The Kier molecular flexibility index (Phi) is 3.54. The van der Waals surface area contributed by atoms with Crippen LogP contribution in [-0.4, -0.2) is 53.2 Å². The summed E-state index contributed by atoms with van der Waals surface area (Å²) < 4.78 is 5.42. The second-order valence-corrected chi connectivity index (χ2v) is 6.15. The third-order valence-corrected chi connectivity index (χ3v) is 3.56. The smallest absolute Gasteiger partial charge is 0.410 e. The molecule has 0 aromatic heterocycles. The molecule has 0 spiro atoms. The van der Waals surface area contributed by atoms with Crippen LogP contribution in [0.25, 0.3) is 0 Å². The number of piperazine rings is 1. The Balaban J connectivity index is 1.96. The molecule has 4 heteroatoms. The zero-order valence-electron chi connectivity index (χ0n) is 11.5. The Hall–Kier alpha value is -1.21. The van der Waals surface area contributed by atoms with E-state index < -0.39 is 5.60 Å². The number of hydrogen-bond acceptors (Lipinski definition) is 3. The molecule has 2 heterocycles. The van der Waals surface area contributed by atoms with Crippen molar-refractivity contribution in [2.24, 2.45) is 0 Å². The number of nitrogens with zero attached hydrogens (tertiary/aromatic N) is 2. The van der Waals surface area contributed by atoms with Gasteiger partial charge in [0.25, 0.3) is 0 Å². The summed E-state index contributed by atoms with van der Waals surface area (Å²) in [6, 6.07) is 0.819. The molecule has 0 aromatic rings. The number of rotatable bonds is 1. The average Bonchev–Trinajstić information content (AvgIpc) is 2.49. The van der Waals surface area contributed by atoms with Gasteiger partial charge in [0.2, 0.25) is 0 Å². The van der Waals surface area contributed by atoms with E-state index in [9.17, 15) is 4.79 Å². The highest BCUT2D eigenvalue weighted by atomic mass is 16.6. The van der Waals surface area contributed by atoms with Gasteiger partial charge in [-0.25, -0.2) is 4.79 Å². The van der Waals surface area contributed by atoms with Gasteiger partial charge in [-0.05, 0) is 33.6 Å². The van der Waals surface area contributed by atoms with Crippen molar-refractivity contribution in [3.8, 4) is 12.3 Å². The van der Waals surface area contributed by atoms with E-state index in [4.69, 9.17) is 11.2 Å². The maximum atomic E-state index is 12.0. The molecule has 2 rings (SSSR count). The van der Waals surface area contributed by atoms with E-state index in [-0.39, 0.29) is 6.09 Å². The molecule has 2 unspecified atom stereocenters. The number of terminal acetylenes is 1. The van der Waals surface area contributed by atoms with E-state index in [1.165, 1.54) is 0 Å². The van der Waals surface area contributed by atoms with Crippen molar-refractivity contribution in [3.05, 3.63) is 0 Å². The highest BCUT2D eigenvalue weighted by Crippen LogP contribution is 2.30. The summed E-state index contributed by atoms with van der Waals surface area (Å²) >= 11 is 0. The SMILES string of the molecule is C#CCN1C2CCC1CN(C(=O)OC(C)(C)C)C2. The van der Waals surface area contributed by atoms with Crippen LogP contribution in [0.15, 0.2) is 0 Å². The first-order valence-electron chi connectivity index (χ1n) is 6.58. The summed E-state index contributed by atoms with van der Waals surface area (Å²) in [6.07, 6.45) is 7.46. The first-order valence-corrected chi connectivity index (χ1v) is 6.58. The molecular weight excluding hydrogens is 228 g/mol. The number of ether oxygens (including phenoxy) is 1. The van der Waals surface area contributed by atoms with Crippen LogP contribution in [0.5, 0.6) is 0 Å². The molecule has 0 aliphatic carbocycles. The lowest BCUT2D eigenvalue weighted by Crippen LogP contribution is -2.56. The van der Waals surface area contributed by atoms with E-state index >= 15 is 0 Å². The molecule has 0 N–H and O–H groups in total. The minimum absolute atomic E-state index is 0.195. The first kappa shape index (κ1) is 13.2. The van der Waals surface area contributed by atoms with E-state index in [0.717, 1.165) is 25.9 Å². The number of amides is 1. The van der Waals surface area contributed by atoms with Gasteiger partial charge in [0, 0.05) is 25.2 Å². The fourth-order valence-corrected chi connectivity index (χ4v) is 2.83. The normalized spacial score (nSPS) is 28.0. The molecule has 4 nitrogen and oxygen atoms in total. The van der Waals surface area contributed by atoms with Crippen molar-refractivity contribution in [2.45, 2.75) is 51.3 Å². The van der Waals surface area contributed by atoms with E-state index in [0.29, 0.717) is 18.6 Å². The summed E-state index contributed by atoms with van der Waals surface area (Å²) in [6.45, 7) is 7.87. The molecule has 2 aliphatic rings. The van der Waals surface area contributed by atoms with Crippen LogP contribution in [0.4, 0.5) is 4.79 Å². The molecule has 1 amide bonds. The Labute approximate surface area is 109 Å². The summed E-state index contributed by atoms with van der Waals surface area (Å²) in [5, 5.41) is 0. The third-order valence-electron chi connectivity index (χ3n) is 3.56. The zero-order chi connectivity index (χ0) is 13.3. The molecule has 2 saturated heterocycles. The van der Waals surface area contributed by atoms with Crippen molar-refractivity contribution in [3.63, 3.8) is 0 Å². The molecular formula is C14H22N2O2. The minimum Gasteiger partial charge on any atom is -0.444 e. The molecule has 0 radical (unpaired) electrons. The van der Waals surface area contributed by atoms with Crippen molar-refractivity contribution in [1.82, 2.24) is 9.80 Å². The lowest BCUT2D eigenvalue weighted by atomic mass is 10.2. The molecule has 100 valence electrons. The third kappa shape index (κ3) is 2.78. The molecule has 0 saturated carbocycles. The minimum atomic E-state index is -0.425. The summed E-state index contributed by atoms with van der Waals surface area (Å²) in [4.78, 5) is 16.2. The van der Waals surface area contributed by atoms with Gasteiger partial charge in [0.15, 0.2) is 0 Å². The zero-order valence-corrected chi connectivity index (χ0v) is 11.5. The van der Waals surface area contributed by atoms with Crippen LogP contribution >= 0.6 is 0 Å². The standard InChI is InChI=1S/C14H22N2O2/c1-5-8-16-11-6-7-12(16)10-15(9-11)13(17)18-14(2,3)4/h1,11-12H,6-10H2,2-4H3. The van der Waals surface area contributed by atoms with Crippen LogP contribution in [0.1, 0.15) is 33.6 Å². The summed E-state index contributed by atoms with van der Waals surface area (Å²) in [5.74, 6) is 2.71. The lowest BCUT2D eigenvalue weighted by molar-refractivity contribution is 0.00375. The van der Waals surface area contributed by atoms with Crippen molar-refractivity contribution >= 4 is 6.09 Å². The molecule has 2 aliphatic heterocycles. The van der Waals surface area contributed by atoms with E-state index in [2.05, 4.69) is 10.8 Å². The van der Waals surface area contributed by atoms with Crippen molar-refractivity contribution in [1.29, 1.82) is 0 Å². The molecule has 2 atom stereocenters. The predicted molar refractivity (Wildman–Crippen MR) is 70.2 cm³/mol. The quantitative estimate of drug-likeness (QED) is 0.664. The van der Waals surface area contributed by atoms with Gasteiger partial charge in [-0.1, -0.05) is 5.92 Å². The highest BCUT2D eigenvalue weighted by Gasteiger charge is 2.41. The Morgan fingerprint density at radius 3 is 2.33 bits per heavy atom. The van der Waals surface area contributed by atoms with Gasteiger partial charge >= 0.3 is 6.09 Å². The van der Waals surface area contributed by atoms with Gasteiger partial charge in [-0.2, -0.15) is 0 Å². The topological polar surface area (TPSA) is 32.8 Å². The van der Waals surface area contributed by atoms with Gasteiger partial charge in [0.1, 0.15) is 5.60 Å². The maximum absolute atomic E-state index is 12.0. The van der Waals surface area contributed by atoms with Gasteiger partial charge in [-0.15, -0.1) is 6.42 Å². The van der Waals surface area contributed by atoms with Crippen LogP contribution < -0.4 is 0 Å². The fourth-order valence-electron chi connectivity index (χ4n) is 2.83. The number of likely N-dealkylation sites (tertiary alicyclic amines) is 1. The maximum Gasteiger partial charge on any atom is 0.410 e. The second kappa shape index (κ2) is 4.81. The summed E-state index contributed by atoms with van der Waals surface area (Å²) in [7, 11) is 0. The Morgan fingerprint density at radius 1 is 1.33 bits per heavy atom. The van der Waals surface area contributed by atoms with Gasteiger partial charge < -0.3 is 9.64 Å². The van der Waals surface area contributed by atoms with Gasteiger partial charge in [-0.3, -0.25) is 4.90 Å². The van der Waals surface area contributed by atoms with Crippen LogP contribution in [0.3, 0.4) is 0 Å². The van der Waals surface area contributed by atoms with Crippen LogP contribution in [0.2, 0.25) is 0 Å². The molecule has 2 bridgehead atoms. The lowest BCUT2D eigenvalue weighted by Gasteiger charge is -2.40. The number of carbonyl (C=O) groups is 1. The van der Waals surface area contributed by atoms with Crippen LogP contribution in [0, 0.1) is 12.3 Å². The molecule has 18 heavy (non-hydrogen) atoms.